The number of nitrogens with zero attached hydrogens (tertiary/aromatic N) is 6. The van der Waals surface area contributed by atoms with Crippen molar-refractivity contribution >= 4 is 16.7 Å². The van der Waals surface area contributed by atoms with Crippen LogP contribution in [0.25, 0.3) is 10.9 Å². The third-order valence-corrected chi connectivity index (χ3v) is 4.82. The molecule has 3 heterocycles. The Morgan fingerprint density at radius 2 is 1.96 bits per heavy atom. The molecule has 1 atom stereocenters. The van der Waals surface area contributed by atoms with Gasteiger partial charge in [0.25, 0.3) is 0 Å². The van der Waals surface area contributed by atoms with Crippen LogP contribution in [-0.4, -0.2) is 57.8 Å². The number of benzene rings is 1. The molecule has 1 fully saturated rings. The minimum atomic E-state index is -0.143. The van der Waals surface area contributed by atoms with Crippen molar-refractivity contribution in [1.29, 1.82) is 0 Å². The average molecular weight is 368 g/mol. The molecule has 8 heteroatoms. The van der Waals surface area contributed by atoms with E-state index in [9.17, 15) is 0 Å². The standard InChI is InChI=1S/C19H24N6O2/c1-3-26-14(2)18-22-17(27-23-18)12-24-8-10-25(11-9-24)19-15-6-4-5-7-16(15)20-13-21-19/h4-7,13-14H,3,8-12H2,1-2H3. The summed E-state index contributed by atoms with van der Waals surface area (Å²) in [5.74, 6) is 2.25. The van der Waals surface area contributed by atoms with Crippen LogP contribution in [0.2, 0.25) is 0 Å². The first kappa shape index (κ1) is 17.8. The summed E-state index contributed by atoms with van der Waals surface area (Å²) in [4.78, 5) is 18.0. The molecule has 0 amide bonds. The summed E-state index contributed by atoms with van der Waals surface area (Å²) >= 11 is 0. The van der Waals surface area contributed by atoms with Gasteiger partial charge in [-0.1, -0.05) is 17.3 Å². The van der Waals surface area contributed by atoms with Gasteiger partial charge in [0.15, 0.2) is 5.82 Å². The zero-order valence-corrected chi connectivity index (χ0v) is 15.7. The Bertz CT molecular complexity index is 885. The highest BCUT2D eigenvalue weighted by molar-refractivity contribution is 5.89. The van der Waals surface area contributed by atoms with Crippen molar-refractivity contribution in [2.45, 2.75) is 26.5 Å². The lowest BCUT2D eigenvalue weighted by Gasteiger charge is -2.35. The molecule has 0 radical (unpaired) electrons. The van der Waals surface area contributed by atoms with Crippen LogP contribution in [0.5, 0.6) is 0 Å². The number of anilines is 1. The first-order chi connectivity index (χ1) is 13.2. The van der Waals surface area contributed by atoms with Gasteiger partial charge in [0.05, 0.1) is 12.1 Å². The Morgan fingerprint density at radius 1 is 1.15 bits per heavy atom. The molecule has 0 spiro atoms. The van der Waals surface area contributed by atoms with Gasteiger partial charge >= 0.3 is 0 Å². The molecule has 2 aromatic heterocycles. The fraction of sp³-hybridized carbons (Fsp3) is 0.474. The minimum absolute atomic E-state index is 0.143. The Morgan fingerprint density at radius 3 is 2.78 bits per heavy atom. The Kier molecular flexibility index (Phi) is 5.26. The number of ether oxygens (including phenoxy) is 1. The maximum atomic E-state index is 5.51. The Hall–Kier alpha value is -2.58. The molecule has 1 saturated heterocycles. The second-order valence-corrected chi connectivity index (χ2v) is 6.62. The molecule has 3 aromatic rings. The molecule has 0 aliphatic carbocycles. The van der Waals surface area contributed by atoms with E-state index in [-0.39, 0.29) is 6.10 Å². The Labute approximate surface area is 158 Å². The van der Waals surface area contributed by atoms with Crippen molar-refractivity contribution in [3.63, 3.8) is 0 Å². The van der Waals surface area contributed by atoms with E-state index < -0.39 is 0 Å². The molecular formula is C19H24N6O2. The maximum Gasteiger partial charge on any atom is 0.240 e. The molecule has 0 saturated carbocycles. The van der Waals surface area contributed by atoms with Crippen molar-refractivity contribution < 1.29 is 9.26 Å². The van der Waals surface area contributed by atoms with Gasteiger partial charge in [0.1, 0.15) is 18.2 Å². The van der Waals surface area contributed by atoms with E-state index in [0.29, 0.717) is 24.9 Å². The van der Waals surface area contributed by atoms with Crippen LogP contribution < -0.4 is 4.90 Å². The van der Waals surface area contributed by atoms with Crippen molar-refractivity contribution in [2.75, 3.05) is 37.7 Å². The molecule has 0 N–H and O–H groups in total. The topological polar surface area (TPSA) is 80.4 Å². The van der Waals surface area contributed by atoms with Gasteiger partial charge in [-0.15, -0.1) is 0 Å². The summed E-state index contributed by atoms with van der Waals surface area (Å²) in [6, 6.07) is 8.13. The fourth-order valence-corrected chi connectivity index (χ4v) is 3.37. The van der Waals surface area contributed by atoms with Crippen molar-refractivity contribution in [3.8, 4) is 0 Å². The highest BCUT2D eigenvalue weighted by Gasteiger charge is 2.22. The van der Waals surface area contributed by atoms with Crippen molar-refractivity contribution in [3.05, 3.63) is 42.3 Å². The van der Waals surface area contributed by atoms with Crippen LogP contribution in [0.15, 0.2) is 35.1 Å². The monoisotopic (exact) mass is 368 g/mol. The predicted octanol–water partition coefficient (Wildman–Crippen LogP) is 2.43. The summed E-state index contributed by atoms with van der Waals surface area (Å²) in [6.07, 6.45) is 1.50. The SMILES string of the molecule is CCOC(C)c1noc(CN2CCN(c3ncnc4ccccc34)CC2)n1. The molecular weight excluding hydrogens is 344 g/mol. The van der Waals surface area contributed by atoms with Gasteiger partial charge < -0.3 is 14.2 Å². The minimum Gasteiger partial charge on any atom is -0.371 e. The molecule has 1 aromatic carbocycles. The quantitative estimate of drug-likeness (QED) is 0.656. The average Bonchev–Trinajstić information content (AvgIpc) is 3.17. The van der Waals surface area contributed by atoms with E-state index in [2.05, 4.69) is 36.0 Å². The highest BCUT2D eigenvalue weighted by Crippen LogP contribution is 2.24. The predicted molar refractivity (Wildman–Crippen MR) is 101 cm³/mol. The number of fused-ring (bicyclic) bond motifs is 1. The number of hydrogen-bond donors (Lipinski definition) is 0. The number of para-hydroxylation sites is 1. The van der Waals surface area contributed by atoms with Crippen molar-refractivity contribution in [1.82, 2.24) is 25.0 Å². The summed E-state index contributed by atoms with van der Waals surface area (Å²) < 4.78 is 10.9. The van der Waals surface area contributed by atoms with Crippen LogP contribution in [0, 0.1) is 0 Å². The van der Waals surface area contributed by atoms with Crippen LogP contribution in [-0.2, 0) is 11.3 Å². The molecule has 1 aliphatic heterocycles. The van der Waals surface area contributed by atoms with Gasteiger partial charge in [-0.2, -0.15) is 4.98 Å². The molecule has 1 aliphatic rings. The van der Waals surface area contributed by atoms with E-state index in [1.807, 2.05) is 32.0 Å². The van der Waals surface area contributed by atoms with E-state index in [0.717, 1.165) is 42.9 Å². The lowest BCUT2D eigenvalue weighted by atomic mass is 10.2. The third kappa shape index (κ3) is 3.91. The van der Waals surface area contributed by atoms with E-state index in [4.69, 9.17) is 9.26 Å². The summed E-state index contributed by atoms with van der Waals surface area (Å²) in [5, 5.41) is 5.13. The van der Waals surface area contributed by atoms with E-state index in [1.54, 1.807) is 6.33 Å². The molecule has 1 unspecified atom stereocenters. The second-order valence-electron chi connectivity index (χ2n) is 6.62. The lowest BCUT2D eigenvalue weighted by Crippen LogP contribution is -2.46. The maximum absolute atomic E-state index is 5.51. The first-order valence-electron chi connectivity index (χ1n) is 9.35. The second kappa shape index (κ2) is 7.98. The highest BCUT2D eigenvalue weighted by atomic mass is 16.5. The zero-order valence-electron chi connectivity index (χ0n) is 15.7. The number of rotatable bonds is 6. The summed E-state index contributed by atoms with van der Waals surface area (Å²) in [7, 11) is 0. The van der Waals surface area contributed by atoms with Gasteiger partial charge in [0.2, 0.25) is 5.89 Å². The van der Waals surface area contributed by atoms with Gasteiger partial charge in [-0.3, -0.25) is 4.90 Å². The van der Waals surface area contributed by atoms with Gasteiger partial charge in [0, 0.05) is 38.2 Å². The lowest BCUT2D eigenvalue weighted by molar-refractivity contribution is 0.0683. The van der Waals surface area contributed by atoms with Crippen LogP contribution in [0.3, 0.4) is 0 Å². The molecule has 27 heavy (non-hydrogen) atoms. The normalized spacial score (nSPS) is 16.7. The molecule has 8 nitrogen and oxygen atoms in total. The fourth-order valence-electron chi connectivity index (χ4n) is 3.37. The van der Waals surface area contributed by atoms with Crippen LogP contribution in [0.1, 0.15) is 31.7 Å². The smallest absolute Gasteiger partial charge is 0.240 e. The third-order valence-electron chi connectivity index (χ3n) is 4.82. The van der Waals surface area contributed by atoms with E-state index in [1.165, 1.54) is 0 Å². The summed E-state index contributed by atoms with van der Waals surface area (Å²) in [5.41, 5.74) is 0.978. The molecule has 0 bridgehead atoms. The van der Waals surface area contributed by atoms with E-state index >= 15 is 0 Å². The number of piperazine rings is 1. The van der Waals surface area contributed by atoms with Crippen molar-refractivity contribution in [2.24, 2.45) is 0 Å². The van der Waals surface area contributed by atoms with Crippen LogP contribution in [0.4, 0.5) is 5.82 Å². The largest absolute Gasteiger partial charge is 0.371 e. The Balaban J connectivity index is 1.38. The first-order valence-corrected chi connectivity index (χ1v) is 9.35. The van der Waals surface area contributed by atoms with Gasteiger partial charge in [-0.05, 0) is 26.0 Å². The van der Waals surface area contributed by atoms with Gasteiger partial charge in [-0.25, -0.2) is 9.97 Å². The number of aromatic nitrogens is 4. The molecule has 142 valence electrons. The summed E-state index contributed by atoms with van der Waals surface area (Å²) in [6.45, 7) is 8.80. The number of hydrogen-bond acceptors (Lipinski definition) is 8. The zero-order chi connectivity index (χ0) is 18.6. The van der Waals surface area contributed by atoms with Crippen LogP contribution >= 0.6 is 0 Å². The molecule has 4 rings (SSSR count).